The van der Waals surface area contributed by atoms with E-state index in [0.717, 1.165) is 81.2 Å². The van der Waals surface area contributed by atoms with Gasteiger partial charge in [0.05, 0.1) is 24.6 Å². The summed E-state index contributed by atoms with van der Waals surface area (Å²) in [7, 11) is 2.15. The van der Waals surface area contributed by atoms with Crippen LogP contribution in [-0.4, -0.2) is 84.6 Å². The van der Waals surface area contributed by atoms with Crippen molar-refractivity contribution in [3.8, 4) is 0 Å². The summed E-state index contributed by atoms with van der Waals surface area (Å²) in [6.45, 7) is 9.06. The van der Waals surface area contributed by atoms with E-state index in [1.807, 2.05) is 25.1 Å². The van der Waals surface area contributed by atoms with E-state index in [0.29, 0.717) is 11.8 Å². The van der Waals surface area contributed by atoms with Crippen LogP contribution in [0.5, 0.6) is 0 Å². The van der Waals surface area contributed by atoms with Gasteiger partial charge in [-0.1, -0.05) is 12.1 Å². The maximum Gasteiger partial charge on any atom is 0.231 e. The fraction of sp³-hybridized carbons (Fsp3) is 0.435. The highest BCUT2D eigenvalue weighted by Crippen LogP contribution is 2.30. The van der Waals surface area contributed by atoms with Crippen LogP contribution >= 0.6 is 0 Å². The number of nitrogens with zero attached hydrogens (tertiary/aromatic N) is 6. The zero-order chi connectivity index (χ0) is 22.6. The Morgan fingerprint density at radius 2 is 1.67 bits per heavy atom. The molecule has 3 N–H and O–H groups in total. The van der Waals surface area contributed by atoms with Gasteiger partial charge in [-0.05, 0) is 26.1 Å². The number of piperazine rings is 1. The second-order valence-electron chi connectivity index (χ2n) is 8.53. The van der Waals surface area contributed by atoms with Crippen molar-refractivity contribution in [1.82, 2.24) is 25.1 Å². The second-order valence-corrected chi connectivity index (χ2v) is 8.53. The van der Waals surface area contributed by atoms with E-state index in [1.54, 1.807) is 0 Å². The number of nitrogens with one attached hydrogen (secondary N) is 3. The third-order valence-corrected chi connectivity index (χ3v) is 6.00. The van der Waals surface area contributed by atoms with Crippen LogP contribution in [0.25, 0.3) is 0 Å². The number of morpholine rings is 1. The first-order valence-electron chi connectivity index (χ1n) is 11.4. The number of aryl methyl sites for hydroxylation is 1. The first-order chi connectivity index (χ1) is 16.1. The lowest BCUT2D eigenvalue weighted by Gasteiger charge is -2.33. The molecule has 0 radical (unpaired) electrons. The van der Waals surface area contributed by atoms with Crippen LogP contribution in [0, 0.1) is 6.92 Å². The van der Waals surface area contributed by atoms with Gasteiger partial charge in [-0.3, -0.25) is 5.10 Å². The van der Waals surface area contributed by atoms with Crippen molar-refractivity contribution in [2.75, 3.05) is 80.0 Å². The number of H-pyrrole nitrogens is 1. The topological polar surface area (TPSA) is 97.5 Å². The minimum Gasteiger partial charge on any atom is -0.378 e. The molecule has 0 unspecified atom stereocenters. The normalized spacial score (nSPS) is 17.3. The molecule has 174 valence electrons. The molecule has 0 amide bonds. The van der Waals surface area contributed by atoms with E-state index in [9.17, 15) is 0 Å². The van der Waals surface area contributed by atoms with Gasteiger partial charge in [-0.25, -0.2) is 0 Å². The van der Waals surface area contributed by atoms with Crippen molar-refractivity contribution in [3.05, 3.63) is 42.1 Å². The van der Waals surface area contributed by atoms with Crippen LogP contribution in [0.4, 0.5) is 34.8 Å². The predicted molar refractivity (Wildman–Crippen MR) is 131 cm³/mol. The quantitative estimate of drug-likeness (QED) is 0.524. The molecule has 0 aliphatic carbocycles. The number of hydrogen-bond acceptors (Lipinski definition) is 9. The monoisotopic (exact) mass is 449 g/mol. The Balaban J connectivity index is 1.45. The number of aromatic nitrogens is 4. The molecule has 1 aromatic carbocycles. The highest BCUT2D eigenvalue weighted by molar-refractivity contribution is 5.74. The van der Waals surface area contributed by atoms with E-state index in [-0.39, 0.29) is 0 Å². The molecule has 5 rings (SSSR count). The fourth-order valence-corrected chi connectivity index (χ4v) is 4.14. The Morgan fingerprint density at radius 3 is 2.42 bits per heavy atom. The number of para-hydroxylation sites is 2. The molecule has 2 aliphatic heterocycles. The number of ether oxygens (including phenoxy) is 1. The van der Waals surface area contributed by atoms with Crippen LogP contribution < -0.4 is 20.4 Å². The number of aromatic amines is 1. The van der Waals surface area contributed by atoms with Crippen molar-refractivity contribution >= 4 is 34.8 Å². The molecule has 2 saturated heterocycles. The number of likely N-dealkylation sites (N-methyl/N-ethyl adjacent to an activating group) is 1. The Hall–Kier alpha value is -3.37. The minimum atomic E-state index is 0.557. The van der Waals surface area contributed by atoms with E-state index < -0.39 is 0 Å². The average Bonchev–Trinajstić information content (AvgIpc) is 3.24. The standard InChI is InChI=1S/C23H31N9O/c1-17-15-21(29-28-17)25-20-16-22(32-9-7-30(2)8-10-32)27-23(26-20)24-18-5-3-4-6-19(18)31-11-13-33-14-12-31/h3-6,15-16H,7-14H2,1-2H3,(H3,24,25,26,27,28,29). The number of rotatable bonds is 6. The van der Waals surface area contributed by atoms with Crippen molar-refractivity contribution in [1.29, 1.82) is 0 Å². The second kappa shape index (κ2) is 9.63. The Bertz CT molecular complexity index is 1070. The third-order valence-electron chi connectivity index (χ3n) is 6.00. The molecular weight excluding hydrogens is 418 g/mol. The molecular formula is C23H31N9O. The van der Waals surface area contributed by atoms with Gasteiger partial charge in [-0.2, -0.15) is 15.1 Å². The molecule has 0 saturated carbocycles. The highest BCUT2D eigenvalue weighted by Gasteiger charge is 2.19. The van der Waals surface area contributed by atoms with E-state index in [1.165, 1.54) is 0 Å². The summed E-state index contributed by atoms with van der Waals surface area (Å²) >= 11 is 0. The van der Waals surface area contributed by atoms with Crippen LogP contribution in [0.2, 0.25) is 0 Å². The highest BCUT2D eigenvalue weighted by atomic mass is 16.5. The molecule has 0 bridgehead atoms. The van der Waals surface area contributed by atoms with Gasteiger partial charge in [0.2, 0.25) is 5.95 Å². The SMILES string of the molecule is Cc1cc(Nc2cc(N3CCN(C)CC3)nc(Nc3ccccc3N3CCOCC3)n2)n[nH]1. The maximum atomic E-state index is 5.53. The van der Waals surface area contributed by atoms with Crippen LogP contribution in [0.3, 0.4) is 0 Å². The molecule has 2 aromatic heterocycles. The minimum absolute atomic E-state index is 0.557. The molecule has 2 fully saturated rings. The summed E-state index contributed by atoms with van der Waals surface area (Å²) in [5.41, 5.74) is 3.10. The lowest BCUT2D eigenvalue weighted by molar-refractivity contribution is 0.123. The van der Waals surface area contributed by atoms with Gasteiger partial charge in [0.1, 0.15) is 11.6 Å². The summed E-state index contributed by atoms with van der Waals surface area (Å²) < 4.78 is 5.53. The molecule has 0 spiro atoms. The number of hydrogen-bond donors (Lipinski definition) is 3. The molecule has 3 aromatic rings. The van der Waals surface area contributed by atoms with Gasteiger partial charge in [0.25, 0.3) is 0 Å². The number of anilines is 6. The zero-order valence-corrected chi connectivity index (χ0v) is 19.2. The lowest BCUT2D eigenvalue weighted by atomic mass is 10.2. The van der Waals surface area contributed by atoms with Crippen molar-refractivity contribution in [2.24, 2.45) is 0 Å². The molecule has 2 aliphatic rings. The van der Waals surface area contributed by atoms with Crippen molar-refractivity contribution in [2.45, 2.75) is 6.92 Å². The summed E-state index contributed by atoms with van der Waals surface area (Å²) in [5.74, 6) is 2.90. The zero-order valence-electron chi connectivity index (χ0n) is 19.2. The van der Waals surface area contributed by atoms with Gasteiger partial charge in [0.15, 0.2) is 5.82 Å². The van der Waals surface area contributed by atoms with Crippen LogP contribution in [0.1, 0.15) is 5.69 Å². The molecule has 0 atom stereocenters. The molecule has 10 nitrogen and oxygen atoms in total. The summed E-state index contributed by atoms with van der Waals surface area (Å²) in [6.07, 6.45) is 0. The van der Waals surface area contributed by atoms with Gasteiger partial charge >= 0.3 is 0 Å². The van der Waals surface area contributed by atoms with Crippen molar-refractivity contribution < 1.29 is 4.74 Å². The largest absolute Gasteiger partial charge is 0.378 e. The Labute approximate surface area is 194 Å². The van der Waals surface area contributed by atoms with Crippen molar-refractivity contribution in [3.63, 3.8) is 0 Å². The average molecular weight is 450 g/mol. The van der Waals surface area contributed by atoms with Crippen LogP contribution in [-0.2, 0) is 4.74 Å². The molecule has 10 heteroatoms. The third kappa shape index (κ3) is 5.18. The summed E-state index contributed by atoms with van der Waals surface area (Å²) in [4.78, 5) is 16.6. The fourth-order valence-electron chi connectivity index (χ4n) is 4.14. The van der Waals surface area contributed by atoms with Gasteiger partial charge in [-0.15, -0.1) is 0 Å². The smallest absolute Gasteiger partial charge is 0.231 e. The van der Waals surface area contributed by atoms with Crippen LogP contribution in [0.15, 0.2) is 36.4 Å². The van der Waals surface area contributed by atoms with E-state index >= 15 is 0 Å². The Kier molecular flexibility index (Phi) is 6.27. The first kappa shape index (κ1) is 21.5. The van der Waals surface area contributed by atoms with E-state index in [2.05, 4.69) is 60.8 Å². The van der Waals surface area contributed by atoms with Gasteiger partial charge < -0.3 is 30.1 Å². The summed E-state index contributed by atoms with van der Waals surface area (Å²) in [5, 5.41) is 14.1. The molecule has 4 heterocycles. The maximum absolute atomic E-state index is 5.53. The lowest BCUT2D eigenvalue weighted by Crippen LogP contribution is -2.44. The first-order valence-corrected chi connectivity index (χ1v) is 11.4. The summed E-state index contributed by atoms with van der Waals surface area (Å²) in [6, 6.07) is 12.2. The molecule has 33 heavy (non-hydrogen) atoms. The van der Waals surface area contributed by atoms with Gasteiger partial charge in [0, 0.05) is 57.1 Å². The van der Waals surface area contributed by atoms with E-state index in [4.69, 9.17) is 14.7 Å². The predicted octanol–water partition coefficient (Wildman–Crippen LogP) is 2.58. The Morgan fingerprint density at radius 1 is 0.879 bits per heavy atom. The number of benzene rings is 1.